The number of carbonyl (C=O) groups is 1. The summed E-state index contributed by atoms with van der Waals surface area (Å²) in [6, 6.07) is 2.17. The van der Waals surface area contributed by atoms with Crippen molar-refractivity contribution >= 4 is 5.78 Å². The van der Waals surface area contributed by atoms with Crippen molar-refractivity contribution in [1.82, 2.24) is 0 Å². The molecule has 94 valence electrons. The van der Waals surface area contributed by atoms with Crippen LogP contribution in [0.1, 0.15) is 37.0 Å². The monoisotopic (exact) mass is 242 g/mol. The maximum absolute atomic E-state index is 13.2. The second kappa shape index (κ2) is 5.75. The molecule has 0 bridgehead atoms. The van der Waals surface area contributed by atoms with Crippen LogP contribution in [0.3, 0.4) is 0 Å². The van der Waals surface area contributed by atoms with Crippen LogP contribution in [-0.4, -0.2) is 12.9 Å². The fourth-order valence-corrected chi connectivity index (χ4v) is 1.70. The number of benzene rings is 1. The van der Waals surface area contributed by atoms with E-state index in [0.29, 0.717) is 0 Å². The summed E-state index contributed by atoms with van der Waals surface area (Å²) in [5, 5.41) is 0. The number of rotatable bonds is 5. The van der Waals surface area contributed by atoms with Gasteiger partial charge in [0, 0.05) is 11.5 Å². The van der Waals surface area contributed by atoms with Gasteiger partial charge in [0.15, 0.2) is 17.3 Å². The molecule has 0 spiro atoms. The van der Waals surface area contributed by atoms with Crippen LogP contribution in [0.4, 0.5) is 8.78 Å². The molecule has 0 aliphatic rings. The third kappa shape index (κ3) is 3.02. The Morgan fingerprint density at radius 2 is 2.06 bits per heavy atom. The lowest BCUT2D eigenvalue weighted by molar-refractivity contribution is 0.0922. The molecule has 0 N–H and O–H groups in total. The topological polar surface area (TPSA) is 26.3 Å². The lowest BCUT2D eigenvalue weighted by Gasteiger charge is -2.11. The quantitative estimate of drug-likeness (QED) is 0.737. The fraction of sp³-hybridized carbons (Fsp3) is 0.462. The third-order valence-electron chi connectivity index (χ3n) is 2.67. The second-order valence-electron chi connectivity index (χ2n) is 4.03. The van der Waals surface area contributed by atoms with Crippen molar-refractivity contribution in [2.45, 2.75) is 26.7 Å². The highest BCUT2D eigenvalue weighted by molar-refractivity contribution is 5.98. The Bertz CT molecular complexity index is 416. The van der Waals surface area contributed by atoms with Gasteiger partial charge in [-0.15, -0.1) is 0 Å². The van der Waals surface area contributed by atoms with E-state index in [1.54, 1.807) is 6.92 Å². The highest BCUT2D eigenvalue weighted by Crippen LogP contribution is 2.24. The first kappa shape index (κ1) is 13.6. The van der Waals surface area contributed by atoms with Crippen LogP contribution >= 0.6 is 0 Å². The van der Waals surface area contributed by atoms with Crippen molar-refractivity contribution in [3.05, 3.63) is 29.3 Å². The van der Waals surface area contributed by atoms with Crippen LogP contribution in [0.5, 0.6) is 5.75 Å². The van der Waals surface area contributed by atoms with Gasteiger partial charge in [0.05, 0.1) is 7.11 Å². The molecule has 17 heavy (non-hydrogen) atoms. The van der Waals surface area contributed by atoms with Crippen LogP contribution in [0.15, 0.2) is 12.1 Å². The van der Waals surface area contributed by atoms with Crippen LogP contribution in [-0.2, 0) is 0 Å². The van der Waals surface area contributed by atoms with Gasteiger partial charge in [0.2, 0.25) is 5.82 Å². The standard InChI is InChI=1S/C13H16F2O2/c1-4-5-8(2)13(16)9-6-10(14)12(15)11(7-9)17-3/h6-8H,4-5H2,1-3H3. The Labute approximate surface area is 99.6 Å². The maximum Gasteiger partial charge on any atom is 0.200 e. The van der Waals surface area contributed by atoms with Crippen molar-refractivity contribution < 1.29 is 18.3 Å². The summed E-state index contributed by atoms with van der Waals surface area (Å²) < 4.78 is 31.1. The summed E-state index contributed by atoms with van der Waals surface area (Å²) in [5.74, 6) is -2.75. The molecule has 1 atom stereocenters. The highest BCUT2D eigenvalue weighted by atomic mass is 19.2. The minimum atomic E-state index is -1.06. The van der Waals surface area contributed by atoms with Gasteiger partial charge in [-0.2, -0.15) is 4.39 Å². The lowest BCUT2D eigenvalue weighted by atomic mass is 9.95. The van der Waals surface area contributed by atoms with Gasteiger partial charge in [0.25, 0.3) is 0 Å². The highest BCUT2D eigenvalue weighted by Gasteiger charge is 2.19. The van der Waals surface area contributed by atoms with Gasteiger partial charge in [-0.1, -0.05) is 20.3 Å². The molecule has 1 rings (SSSR count). The van der Waals surface area contributed by atoms with E-state index in [1.165, 1.54) is 13.2 Å². The van der Waals surface area contributed by atoms with E-state index in [1.807, 2.05) is 6.92 Å². The number of hydrogen-bond donors (Lipinski definition) is 0. The molecule has 4 heteroatoms. The smallest absolute Gasteiger partial charge is 0.200 e. The van der Waals surface area contributed by atoms with E-state index in [9.17, 15) is 13.6 Å². The van der Waals surface area contributed by atoms with E-state index >= 15 is 0 Å². The molecule has 0 aliphatic heterocycles. The number of ketones is 1. The Morgan fingerprint density at radius 3 is 2.59 bits per heavy atom. The SMILES string of the molecule is CCCC(C)C(=O)c1cc(F)c(F)c(OC)c1. The van der Waals surface area contributed by atoms with E-state index in [4.69, 9.17) is 0 Å². The van der Waals surface area contributed by atoms with Crippen molar-refractivity contribution in [3.63, 3.8) is 0 Å². The molecular weight excluding hydrogens is 226 g/mol. The summed E-state index contributed by atoms with van der Waals surface area (Å²) in [5.41, 5.74) is 0.154. The van der Waals surface area contributed by atoms with Crippen LogP contribution < -0.4 is 4.74 Å². The van der Waals surface area contributed by atoms with Gasteiger partial charge in [0.1, 0.15) is 0 Å². The molecule has 0 saturated carbocycles. The predicted octanol–water partition coefficient (Wildman–Crippen LogP) is 3.59. The minimum absolute atomic E-state index is 0.154. The molecule has 0 aromatic heterocycles. The predicted molar refractivity (Wildman–Crippen MR) is 61.3 cm³/mol. The summed E-state index contributed by atoms with van der Waals surface area (Å²) in [4.78, 5) is 11.9. The molecule has 0 radical (unpaired) electrons. The van der Waals surface area contributed by atoms with Gasteiger partial charge < -0.3 is 4.74 Å². The number of carbonyl (C=O) groups excluding carboxylic acids is 1. The number of hydrogen-bond acceptors (Lipinski definition) is 2. The van der Waals surface area contributed by atoms with E-state index < -0.39 is 11.6 Å². The van der Waals surface area contributed by atoms with E-state index in [-0.39, 0.29) is 23.0 Å². The first-order valence-corrected chi connectivity index (χ1v) is 5.58. The van der Waals surface area contributed by atoms with Crippen LogP contribution in [0, 0.1) is 17.6 Å². The molecule has 0 amide bonds. The zero-order valence-corrected chi connectivity index (χ0v) is 10.2. The van der Waals surface area contributed by atoms with Crippen molar-refractivity contribution in [2.24, 2.45) is 5.92 Å². The van der Waals surface area contributed by atoms with Crippen LogP contribution in [0.25, 0.3) is 0 Å². The van der Waals surface area contributed by atoms with Crippen molar-refractivity contribution in [2.75, 3.05) is 7.11 Å². The molecule has 0 saturated heterocycles. The Kier molecular flexibility index (Phi) is 4.61. The summed E-state index contributed by atoms with van der Waals surface area (Å²) in [7, 11) is 1.24. The van der Waals surface area contributed by atoms with Gasteiger partial charge in [-0.05, 0) is 18.6 Å². The van der Waals surface area contributed by atoms with Gasteiger partial charge in [-0.3, -0.25) is 4.79 Å². The van der Waals surface area contributed by atoms with E-state index in [0.717, 1.165) is 18.9 Å². The maximum atomic E-state index is 13.2. The van der Waals surface area contributed by atoms with Gasteiger partial charge >= 0.3 is 0 Å². The molecule has 1 aromatic carbocycles. The number of Topliss-reactive ketones (excluding diaryl/α,β-unsaturated/α-hetero) is 1. The molecule has 2 nitrogen and oxygen atoms in total. The molecule has 0 aliphatic carbocycles. The second-order valence-corrected chi connectivity index (χ2v) is 4.03. The molecule has 1 aromatic rings. The first-order chi connectivity index (χ1) is 8.01. The summed E-state index contributed by atoms with van der Waals surface area (Å²) in [6.45, 7) is 3.75. The minimum Gasteiger partial charge on any atom is -0.494 e. The average Bonchev–Trinajstić information content (AvgIpc) is 2.31. The third-order valence-corrected chi connectivity index (χ3v) is 2.67. The largest absolute Gasteiger partial charge is 0.494 e. The Balaban J connectivity index is 3.06. The van der Waals surface area contributed by atoms with Crippen LogP contribution in [0.2, 0.25) is 0 Å². The fourth-order valence-electron chi connectivity index (χ4n) is 1.70. The Hall–Kier alpha value is -1.45. The Morgan fingerprint density at radius 1 is 1.41 bits per heavy atom. The molecule has 0 fully saturated rings. The molecule has 1 unspecified atom stereocenters. The van der Waals surface area contributed by atoms with Crippen molar-refractivity contribution in [3.8, 4) is 5.75 Å². The summed E-state index contributed by atoms with van der Waals surface area (Å²) in [6.07, 6.45) is 1.59. The first-order valence-electron chi connectivity index (χ1n) is 5.58. The van der Waals surface area contributed by atoms with Crippen molar-refractivity contribution in [1.29, 1.82) is 0 Å². The lowest BCUT2D eigenvalue weighted by Crippen LogP contribution is -2.12. The zero-order valence-electron chi connectivity index (χ0n) is 10.2. The molecule has 0 heterocycles. The molecular formula is C13H16F2O2. The van der Waals surface area contributed by atoms with E-state index in [2.05, 4.69) is 4.74 Å². The average molecular weight is 242 g/mol. The summed E-state index contributed by atoms with van der Waals surface area (Å²) >= 11 is 0. The number of ether oxygens (including phenoxy) is 1. The zero-order chi connectivity index (χ0) is 13.0. The number of methoxy groups -OCH3 is 1. The normalized spacial score (nSPS) is 12.3. The number of halogens is 2. The van der Waals surface area contributed by atoms with Gasteiger partial charge in [-0.25, -0.2) is 4.39 Å².